The SMILES string of the molecule is COc1ccc(C2CCN(C(=O)OC(C)(C)C)C2=O)c2nc(Cc3ccc(C#N)cc3)[nH]c12. The molecule has 1 atom stereocenters. The number of rotatable bonds is 4. The maximum atomic E-state index is 13.1. The lowest BCUT2D eigenvalue weighted by Crippen LogP contribution is -2.38. The standard InChI is InChI=1S/C25H26N4O4/c1-25(2,3)33-24(31)29-12-11-18(23(29)30)17-9-10-19(32-4)22-21(17)27-20(28-22)13-15-5-7-16(14-26)8-6-15/h5-10,18H,11-13H2,1-4H3,(H,27,28). The molecule has 1 fully saturated rings. The summed E-state index contributed by atoms with van der Waals surface area (Å²) in [6.07, 6.45) is 0.409. The van der Waals surface area contributed by atoms with E-state index in [9.17, 15) is 9.59 Å². The topological polar surface area (TPSA) is 108 Å². The zero-order valence-electron chi connectivity index (χ0n) is 19.1. The summed E-state index contributed by atoms with van der Waals surface area (Å²) in [7, 11) is 1.58. The average Bonchev–Trinajstić information content (AvgIpc) is 3.36. The van der Waals surface area contributed by atoms with Crippen LogP contribution in [0.1, 0.15) is 55.6 Å². The first-order chi connectivity index (χ1) is 15.7. The molecule has 3 aromatic rings. The third-order valence-corrected chi connectivity index (χ3v) is 5.56. The Hall–Kier alpha value is -3.86. The summed E-state index contributed by atoms with van der Waals surface area (Å²) >= 11 is 0. The number of hydrogen-bond donors (Lipinski definition) is 1. The lowest BCUT2D eigenvalue weighted by molar-refractivity contribution is -0.128. The number of carbonyl (C=O) groups excluding carboxylic acids is 2. The Morgan fingerprint density at radius 1 is 1.24 bits per heavy atom. The summed E-state index contributed by atoms with van der Waals surface area (Å²) < 4.78 is 10.9. The van der Waals surface area contributed by atoms with Crippen LogP contribution in [0, 0.1) is 11.3 Å². The van der Waals surface area contributed by atoms with E-state index in [1.807, 2.05) is 24.3 Å². The molecule has 1 aliphatic rings. The monoisotopic (exact) mass is 446 g/mol. The quantitative estimate of drug-likeness (QED) is 0.641. The molecule has 0 aliphatic carbocycles. The lowest BCUT2D eigenvalue weighted by atomic mass is 9.96. The van der Waals surface area contributed by atoms with Gasteiger partial charge in [0, 0.05) is 13.0 Å². The maximum Gasteiger partial charge on any atom is 0.417 e. The van der Waals surface area contributed by atoms with E-state index in [4.69, 9.17) is 19.7 Å². The first-order valence-electron chi connectivity index (χ1n) is 10.8. The van der Waals surface area contributed by atoms with Crippen LogP contribution in [-0.2, 0) is 16.0 Å². The fourth-order valence-electron chi connectivity index (χ4n) is 4.03. The highest BCUT2D eigenvalue weighted by atomic mass is 16.6. The molecule has 8 heteroatoms. The van der Waals surface area contributed by atoms with Crippen LogP contribution in [0.15, 0.2) is 36.4 Å². The molecule has 0 saturated carbocycles. The number of nitrogens with zero attached hydrogens (tertiary/aromatic N) is 3. The summed E-state index contributed by atoms with van der Waals surface area (Å²) in [4.78, 5) is 34.9. The van der Waals surface area contributed by atoms with E-state index in [2.05, 4.69) is 11.1 Å². The third kappa shape index (κ3) is 4.53. The number of aromatic amines is 1. The van der Waals surface area contributed by atoms with E-state index in [1.54, 1.807) is 40.0 Å². The van der Waals surface area contributed by atoms with Crippen LogP contribution in [0.3, 0.4) is 0 Å². The van der Waals surface area contributed by atoms with Gasteiger partial charge in [0.15, 0.2) is 0 Å². The van der Waals surface area contributed by atoms with Crippen LogP contribution >= 0.6 is 0 Å². The first-order valence-corrected chi connectivity index (χ1v) is 10.8. The Morgan fingerprint density at radius 2 is 1.97 bits per heavy atom. The molecule has 1 saturated heterocycles. The van der Waals surface area contributed by atoms with Gasteiger partial charge >= 0.3 is 6.09 Å². The molecule has 0 radical (unpaired) electrons. The number of hydrogen-bond acceptors (Lipinski definition) is 6. The van der Waals surface area contributed by atoms with Crippen molar-refractivity contribution in [3.05, 3.63) is 58.9 Å². The molecule has 1 unspecified atom stereocenters. The minimum absolute atomic E-state index is 0.285. The lowest BCUT2D eigenvalue weighted by Gasteiger charge is -2.23. The number of imidazole rings is 1. The van der Waals surface area contributed by atoms with Crippen LogP contribution in [0.2, 0.25) is 0 Å². The maximum absolute atomic E-state index is 13.1. The molecule has 0 spiro atoms. The minimum atomic E-state index is -0.675. The molecule has 170 valence electrons. The number of aromatic nitrogens is 2. The number of likely N-dealkylation sites (tertiary alicyclic amines) is 1. The van der Waals surface area contributed by atoms with Gasteiger partial charge in [0.2, 0.25) is 5.91 Å². The molecule has 8 nitrogen and oxygen atoms in total. The number of ether oxygens (including phenoxy) is 2. The summed E-state index contributed by atoms with van der Waals surface area (Å²) in [6.45, 7) is 5.62. The van der Waals surface area contributed by atoms with E-state index >= 15 is 0 Å². The molecule has 1 aromatic heterocycles. The van der Waals surface area contributed by atoms with Crippen LogP contribution in [-0.4, -0.2) is 46.1 Å². The zero-order valence-corrected chi connectivity index (χ0v) is 19.1. The highest BCUT2D eigenvalue weighted by Gasteiger charge is 2.39. The smallest absolute Gasteiger partial charge is 0.417 e. The molecule has 2 amide bonds. The van der Waals surface area contributed by atoms with Crippen molar-refractivity contribution in [3.63, 3.8) is 0 Å². The van der Waals surface area contributed by atoms with E-state index in [0.29, 0.717) is 41.7 Å². The summed E-state index contributed by atoms with van der Waals surface area (Å²) in [5.41, 5.74) is 3.04. The number of amides is 2. The predicted molar refractivity (Wildman–Crippen MR) is 122 cm³/mol. The Kier molecular flexibility index (Phi) is 5.81. The number of imide groups is 1. The highest BCUT2D eigenvalue weighted by Crippen LogP contribution is 2.36. The second-order valence-corrected chi connectivity index (χ2v) is 9.06. The van der Waals surface area contributed by atoms with Gasteiger partial charge in [-0.15, -0.1) is 0 Å². The van der Waals surface area contributed by atoms with Gasteiger partial charge in [-0.2, -0.15) is 5.26 Å². The summed E-state index contributed by atoms with van der Waals surface area (Å²) in [5, 5.41) is 8.99. The van der Waals surface area contributed by atoms with Crippen molar-refractivity contribution in [2.75, 3.05) is 13.7 Å². The van der Waals surface area contributed by atoms with Gasteiger partial charge in [-0.1, -0.05) is 18.2 Å². The molecular formula is C25H26N4O4. The van der Waals surface area contributed by atoms with Crippen LogP contribution in [0.5, 0.6) is 5.75 Å². The van der Waals surface area contributed by atoms with E-state index in [1.165, 1.54) is 4.90 Å². The van der Waals surface area contributed by atoms with Gasteiger partial charge < -0.3 is 14.5 Å². The van der Waals surface area contributed by atoms with Gasteiger partial charge in [0.1, 0.15) is 22.7 Å². The Morgan fingerprint density at radius 3 is 2.61 bits per heavy atom. The number of methoxy groups -OCH3 is 1. The Balaban J connectivity index is 1.65. The summed E-state index contributed by atoms with van der Waals surface area (Å²) in [5.74, 6) is 0.570. The Bertz CT molecular complexity index is 1250. The van der Waals surface area contributed by atoms with E-state index < -0.39 is 17.6 Å². The van der Waals surface area contributed by atoms with Gasteiger partial charge in [-0.25, -0.2) is 14.7 Å². The van der Waals surface area contributed by atoms with Gasteiger partial charge in [0.25, 0.3) is 0 Å². The second kappa shape index (κ2) is 8.58. The predicted octanol–water partition coefficient (Wildman–Crippen LogP) is 4.28. The average molecular weight is 447 g/mol. The van der Waals surface area contributed by atoms with Gasteiger partial charge in [-0.05, 0) is 56.5 Å². The molecular weight excluding hydrogens is 420 g/mol. The molecule has 0 bridgehead atoms. The highest BCUT2D eigenvalue weighted by molar-refractivity contribution is 6.00. The van der Waals surface area contributed by atoms with Crippen LogP contribution in [0.25, 0.3) is 11.0 Å². The fraction of sp³-hybridized carbons (Fsp3) is 0.360. The van der Waals surface area contributed by atoms with Gasteiger partial charge in [-0.3, -0.25) is 4.79 Å². The van der Waals surface area contributed by atoms with E-state index in [0.717, 1.165) is 17.0 Å². The zero-order chi connectivity index (χ0) is 23.8. The van der Waals surface area contributed by atoms with E-state index in [-0.39, 0.29) is 5.91 Å². The van der Waals surface area contributed by atoms with Crippen molar-refractivity contribution in [2.24, 2.45) is 0 Å². The van der Waals surface area contributed by atoms with Gasteiger partial charge in [0.05, 0.1) is 30.2 Å². The Labute approximate surface area is 192 Å². The van der Waals surface area contributed by atoms with Crippen molar-refractivity contribution in [1.82, 2.24) is 14.9 Å². The van der Waals surface area contributed by atoms with Crippen molar-refractivity contribution in [1.29, 1.82) is 5.26 Å². The minimum Gasteiger partial charge on any atom is -0.494 e. The molecule has 33 heavy (non-hydrogen) atoms. The van der Waals surface area contributed by atoms with Crippen LogP contribution in [0.4, 0.5) is 4.79 Å². The van der Waals surface area contributed by atoms with Crippen molar-refractivity contribution < 1.29 is 19.1 Å². The van der Waals surface area contributed by atoms with Crippen LogP contribution < -0.4 is 4.74 Å². The van der Waals surface area contributed by atoms with Crippen molar-refractivity contribution in [3.8, 4) is 11.8 Å². The van der Waals surface area contributed by atoms with Crippen molar-refractivity contribution in [2.45, 2.75) is 45.1 Å². The largest absolute Gasteiger partial charge is 0.494 e. The molecule has 4 rings (SSSR count). The molecule has 1 aliphatic heterocycles. The summed E-state index contributed by atoms with van der Waals surface area (Å²) in [6, 6.07) is 13.1. The number of nitrogens with one attached hydrogen (secondary N) is 1. The third-order valence-electron chi connectivity index (χ3n) is 5.56. The molecule has 2 aromatic carbocycles. The number of H-pyrrole nitrogens is 1. The number of nitriles is 1. The van der Waals surface area contributed by atoms with Crippen molar-refractivity contribution >= 4 is 23.0 Å². The normalized spacial score (nSPS) is 16.2. The first kappa shape index (κ1) is 22.3. The second-order valence-electron chi connectivity index (χ2n) is 9.06. The number of benzene rings is 2. The number of fused-ring (bicyclic) bond motifs is 1. The molecule has 2 heterocycles. The molecule has 1 N–H and O–H groups in total. The number of carbonyl (C=O) groups is 2. The fourth-order valence-corrected chi connectivity index (χ4v) is 4.03.